The summed E-state index contributed by atoms with van der Waals surface area (Å²) >= 11 is 2.99. The first kappa shape index (κ1) is 33.8. The summed E-state index contributed by atoms with van der Waals surface area (Å²) in [4.78, 5) is 27.2. The average Bonchev–Trinajstić information content (AvgIpc) is 3.76. The minimum Gasteiger partial charge on any atom is -0.491 e. The number of nitrogens with one attached hydrogen (secondary N) is 1. The highest BCUT2D eigenvalue weighted by Crippen LogP contribution is 2.39. The van der Waals surface area contributed by atoms with E-state index in [0.29, 0.717) is 55.7 Å². The third-order valence-corrected chi connectivity index (χ3v) is 10.7. The van der Waals surface area contributed by atoms with Crippen molar-refractivity contribution in [1.29, 1.82) is 0 Å². The van der Waals surface area contributed by atoms with Crippen molar-refractivity contribution >= 4 is 60.8 Å². The summed E-state index contributed by atoms with van der Waals surface area (Å²) in [6, 6.07) is 12.8. The third kappa shape index (κ3) is 7.56. The molecule has 0 aliphatic carbocycles. The summed E-state index contributed by atoms with van der Waals surface area (Å²) in [6.45, 7) is 6.74. The molecule has 50 heavy (non-hydrogen) atoms. The highest BCUT2D eigenvalue weighted by molar-refractivity contribution is 7.22. The van der Waals surface area contributed by atoms with E-state index in [1.165, 1.54) is 24.5 Å². The summed E-state index contributed by atoms with van der Waals surface area (Å²) in [5.41, 5.74) is 3.88. The summed E-state index contributed by atoms with van der Waals surface area (Å²) in [5.74, 6) is 6.74. The maximum absolute atomic E-state index is 14.8. The normalized spacial score (nSPS) is 14.6. The standard InChI is InChI=1S/C36H36FN7O4S2/c1-23-25-9-6-16-44(33(25)42-41-32(23)40-35-38-27-10-3-4-11-29(27)49-35)36-39-31(34(45)46-2)30(50-36)12-7-19-48-28-14-13-24(22-26(28)37)8-5-15-43-17-20-47-21-18-43/h3-4,10-11,13-14,22H,6-7,9,12,15-21H2,1-2H3,(H,38,40,41). The van der Waals surface area contributed by atoms with Crippen molar-refractivity contribution in [2.45, 2.75) is 32.6 Å². The Balaban J connectivity index is 1.00. The maximum Gasteiger partial charge on any atom is 0.357 e. The van der Waals surface area contributed by atoms with Crippen LogP contribution in [0.5, 0.6) is 5.75 Å². The summed E-state index contributed by atoms with van der Waals surface area (Å²) in [5, 5.41) is 13.9. The highest BCUT2D eigenvalue weighted by atomic mass is 32.1. The topological polar surface area (TPSA) is 115 Å². The van der Waals surface area contributed by atoms with Crippen molar-refractivity contribution in [2.75, 3.05) is 63.3 Å². The van der Waals surface area contributed by atoms with Crippen LogP contribution in [-0.2, 0) is 22.3 Å². The maximum atomic E-state index is 14.8. The number of hydrogen-bond donors (Lipinski definition) is 1. The lowest BCUT2D eigenvalue weighted by atomic mass is 10.0. The summed E-state index contributed by atoms with van der Waals surface area (Å²) < 4.78 is 32.1. The minimum absolute atomic E-state index is 0.165. The monoisotopic (exact) mass is 713 g/mol. The Bertz CT molecular complexity index is 2040. The summed E-state index contributed by atoms with van der Waals surface area (Å²) in [7, 11) is 1.35. The van der Waals surface area contributed by atoms with E-state index in [1.54, 1.807) is 23.5 Å². The molecular weight excluding hydrogens is 678 g/mol. The molecule has 0 amide bonds. The zero-order valence-electron chi connectivity index (χ0n) is 27.8. The Morgan fingerprint density at radius 1 is 1.10 bits per heavy atom. The smallest absolute Gasteiger partial charge is 0.357 e. The van der Waals surface area contributed by atoms with Crippen LogP contribution in [0.15, 0.2) is 42.5 Å². The number of methoxy groups -OCH3 is 1. The first-order valence-electron chi connectivity index (χ1n) is 16.5. The molecule has 2 aliphatic rings. The van der Waals surface area contributed by atoms with Crippen LogP contribution in [0.2, 0.25) is 0 Å². The van der Waals surface area contributed by atoms with Crippen molar-refractivity contribution in [1.82, 2.24) is 25.1 Å². The van der Waals surface area contributed by atoms with Crippen molar-refractivity contribution in [2.24, 2.45) is 0 Å². The second-order valence-electron chi connectivity index (χ2n) is 11.9. The van der Waals surface area contributed by atoms with Gasteiger partial charge in [-0.1, -0.05) is 35.3 Å². The number of nitrogens with zero attached hydrogens (tertiary/aromatic N) is 6. The molecule has 0 saturated carbocycles. The molecule has 1 saturated heterocycles. The number of morpholine rings is 1. The van der Waals surface area contributed by atoms with Crippen molar-refractivity contribution in [3.05, 3.63) is 75.5 Å². The number of carbonyl (C=O) groups is 1. The predicted molar refractivity (Wildman–Crippen MR) is 193 cm³/mol. The molecule has 0 radical (unpaired) electrons. The zero-order valence-corrected chi connectivity index (χ0v) is 29.5. The largest absolute Gasteiger partial charge is 0.491 e. The first-order valence-corrected chi connectivity index (χ1v) is 18.2. The lowest BCUT2D eigenvalue weighted by Gasteiger charge is -2.28. The Morgan fingerprint density at radius 2 is 1.96 bits per heavy atom. The van der Waals surface area contributed by atoms with Gasteiger partial charge >= 0.3 is 5.97 Å². The summed E-state index contributed by atoms with van der Waals surface area (Å²) in [6.07, 6.45) is 2.79. The van der Waals surface area contributed by atoms with Crippen LogP contribution in [0.25, 0.3) is 10.2 Å². The van der Waals surface area contributed by atoms with Gasteiger partial charge in [-0.15, -0.1) is 21.5 Å². The molecule has 1 fully saturated rings. The van der Waals surface area contributed by atoms with E-state index in [1.807, 2.05) is 36.1 Å². The van der Waals surface area contributed by atoms with Gasteiger partial charge in [0, 0.05) is 41.2 Å². The van der Waals surface area contributed by atoms with Gasteiger partial charge < -0.3 is 24.4 Å². The van der Waals surface area contributed by atoms with Crippen LogP contribution in [0.3, 0.4) is 0 Å². The second-order valence-corrected chi connectivity index (χ2v) is 14.0. The van der Waals surface area contributed by atoms with E-state index in [2.05, 4.69) is 37.2 Å². The number of anilines is 4. The van der Waals surface area contributed by atoms with Gasteiger partial charge in [-0.05, 0) is 62.9 Å². The minimum atomic E-state index is -0.505. The molecule has 0 spiro atoms. The van der Waals surface area contributed by atoms with Crippen molar-refractivity contribution in [3.8, 4) is 17.6 Å². The molecule has 7 rings (SSSR count). The SMILES string of the molecule is COC(=O)c1nc(N2CCCc3c2nnc(Nc2nc4ccccc4s2)c3C)sc1CCCOc1ccc(C#CCN2CCOCC2)cc1F. The number of aryl methyl sites for hydroxylation is 1. The quantitative estimate of drug-likeness (QED) is 0.1000. The number of benzene rings is 2. The molecule has 258 valence electrons. The average molecular weight is 714 g/mol. The molecule has 0 atom stereocenters. The molecule has 0 bridgehead atoms. The number of thiazole rings is 2. The molecule has 0 unspecified atom stereocenters. The number of fused-ring (bicyclic) bond motifs is 2. The van der Waals surface area contributed by atoms with Gasteiger partial charge in [-0.3, -0.25) is 4.90 Å². The molecule has 1 N–H and O–H groups in total. The molecule has 2 aliphatic heterocycles. The molecule has 11 nitrogen and oxygen atoms in total. The number of esters is 1. The van der Waals surface area contributed by atoms with Gasteiger partial charge in [0.15, 0.2) is 39.2 Å². The van der Waals surface area contributed by atoms with E-state index in [9.17, 15) is 9.18 Å². The predicted octanol–water partition coefficient (Wildman–Crippen LogP) is 6.30. The highest BCUT2D eigenvalue weighted by Gasteiger charge is 2.29. The van der Waals surface area contributed by atoms with Gasteiger partial charge in [0.05, 0.1) is 43.7 Å². The Kier molecular flexibility index (Phi) is 10.5. The Labute approximate surface area is 297 Å². The van der Waals surface area contributed by atoms with Crippen LogP contribution in [0, 0.1) is 24.6 Å². The van der Waals surface area contributed by atoms with Gasteiger partial charge in [0.25, 0.3) is 0 Å². The van der Waals surface area contributed by atoms with E-state index in [-0.39, 0.29) is 18.1 Å². The van der Waals surface area contributed by atoms with E-state index in [0.717, 1.165) is 63.1 Å². The van der Waals surface area contributed by atoms with Gasteiger partial charge in [-0.2, -0.15) is 0 Å². The zero-order chi connectivity index (χ0) is 34.5. The van der Waals surface area contributed by atoms with Gasteiger partial charge in [0.2, 0.25) is 0 Å². The lowest BCUT2D eigenvalue weighted by Crippen LogP contribution is -2.36. The number of aromatic nitrogens is 4. The number of ether oxygens (including phenoxy) is 3. The van der Waals surface area contributed by atoms with Crippen molar-refractivity contribution < 1.29 is 23.4 Å². The van der Waals surface area contributed by atoms with Gasteiger partial charge in [-0.25, -0.2) is 19.2 Å². The number of halogens is 1. The fraction of sp³-hybridized carbons (Fsp3) is 0.361. The number of para-hydroxylation sites is 1. The first-order chi connectivity index (χ1) is 24.5. The van der Waals surface area contributed by atoms with Crippen LogP contribution in [0.4, 0.5) is 26.3 Å². The van der Waals surface area contributed by atoms with E-state index >= 15 is 0 Å². The molecular formula is C36H36FN7O4S2. The number of carbonyl (C=O) groups excluding carboxylic acids is 1. The van der Waals surface area contributed by atoms with E-state index < -0.39 is 11.8 Å². The fourth-order valence-electron chi connectivity index (χ4n) is 5.91. The molecule has 2 aromatic carbocycles. The molecule has 3 aromatic heterocycles. The fourth-order valence-corrected chi connectivity index (χ4v) is 7.90. The Hall–Kier alpha value is -4.68. The number of hydrogen-bond acceptors (Lipinski definition) is 13. The van der Waals surface area contributed by atoms with Crippen LogP contribution < -0.4 is 15.0 Å². The Morgan fingerprint density at radius 3 is 2.78 bits per heavy atom. The number of rotatable bonds is 10. The molecule has 14 heteroatoms. The van der Waals surface area contributed by atoms with Gasteiger partial charge in [0.1, 0.15) is 0 Å². The molecule has 5 aromatic rings. The van der Waals surface area contributed by atoms with Crippen molar-refractivity contribution in [3.63, 3.8) is 0 Å². The van der Waals surface area contributed by atoms with Crippen LogP contribution in [-0.4, -0.2) is 84.1 Å². The molecule has 5 heterocycles. The van der Waals surface area contributed by atoms with Crippen LogP contribution >= 0.6 is 22.7 Å². The lowest BCUT2D eigenvalue weighted by molar-refractivity contribution is 0.0443. The van der Waals surface area contributed by atoms with E-state index in [4.69, 9.17) is 19.2 Å². The van der Waals surface area contributed by atoms with Crippen LogP contribution in [0.1, 0.15) is 44.9 Å². The third-order valence-electron chi connectivity index (χ3n) is 8.58. The second kappa shape index (κ2) is 15.5.